The van der Waals surface area contributed by atoms with Crippen molar-refractivity contribution in [3.8, 4) is 0 Å². The van der Waals surface area contributed by atoms with Gasteiger partial charge in [0.25, 0.3) is 0 Å². The fraction of sp³-hybridized carbons (Fsp3) is 0.333. The van der Waals surface area contributed by atoms with Crippen LogP contribution in [0.1, 0.15) is 30.5 Å². The maximum atomic E-state index is 12.7. The van der Waals surface area contributed by atoms with Gasteiger partial charge in [-0.25, -0.2) is 9.69 Å². The number of cyclic esters (lactones) is 1. The highest BCUT2D eigenvalue weighted by Gasteiger charge is 2.38. The molecule has 0 aliphatic carbocycles. The van der Waals surface area contributed by atoms with Crippen molar-refractivity contribution in [2.75, 3.05) is 13.2 Å². The van der Waals surface area contributed by atoms with Gasteiger partial charge in [0.2, 0.25) is 5.91 Å². The Morgan fingerprint density at radius 3 is 2.50 bits per heavy atom. The van der Waals surface area contributed by atoms with Gasteiger partial charge in [0.05, 0.1) is 13.2 Å². The van der Waals surface area contributed by atoms with Crippen molar-refractivity contribution in [3.05, 3.63) is 71.8 Å². The molecular formula is C21H23NO4. The molecule has 3 rings (SSSR count). The topological polar surface area (TPSA) is 55.8 Å². The number of carbonyl (C=O) groups is 2. The van der Waals surface area contributed by atoms with Crippen LogP contribution in [0.5, 0.6) is 0 Å². The third kappa shape index (κ3) is 4.49. The second-order valence-electron chi connectivity index (χ2n) is 6.58. The summed E-state index contributed by atoms with van der Waals surface area (Å²) in [6.45, 7) is 3.12. The molecular weight excluding hydrogens is 330 g/mol. The summed E-state index contributed by atoms with van der Waals surface area (Å²) in [5.41, 5.74) is 2.00. The van der Waals surface area contributed by atoms with E-state index in [2.05, 4.69) is 0 Å². The summed E-state index contributed by atoms with van der Waals surface area (Å²) in [6.07, 6.45) is -0.325. The molecule has 0 saturated carbocycles. The van der Waals surface area contributed by atoms with E-state index in [9.17, 15) is 9.59 Å². The molecule has 0 radical (unpaired) electrons. The van der Waals surface area contributed by atoms with E-state index in [1.807, 2.05) is 67.6 Å². The Labute approximate surface area is 153 Å². The first-order valence-corrected chi connectivity index (χ1v) is 8.80. The third-order valence-electron chi connectivity index (χ3n) is 4.36. The van der Waals surface area contributed by atoms with Gasteiger partial charge >= 0.3 is 6.09 Å². The molecule has 0 N–H and O–H groups in total. The van der Waals surface area contributed by atoms with Gasteiger partial charge in [0.1, 0.15) is 12.6 Å². The van der Waals surface area contributed by atoms with Gasteiger partial charge in [-0.15, -0.1) is 0 Å². The molecule has 1 heterocycles. The number of rotatable bonds is 7. The van der Waals surface area contributed by atoms with Crippen LogP contribution >= 0.6 is 0 Å². The SMILES string of the molecule is C[C@@H](COCc1ccccc1)CC(=O)N1C(=O)OC[C@H]1c1ccccc1. The van der Waals surface area contributed by atoms with Gasteiger partial charge < -0.3 is 9.47 Å². The van der Waals surface area contributed by atoms with Crippen LogP contribution in [0.15, 0.2) is 60.7 Å². The monoisotopic (exact) mass is 353 g/mol. The number of ether oxygens (including phenoxy) is 2. The Hall–Kier alpha value is -2.66. The Morgan fingerprint density at radius 1 is 1.15 bits per heavy atom. The number of amides is 2. The largest absolute Gasteiger partial charge is 0.446 e. The molecule has 2 aromatic carbocycles. The van der Waals surface area contributed by atoms with E-state index >= 15 is 0 Å². The summed E-state index contributed by atoms with van der Waals surface area (Å²) in [4.78, 5) is 25.9. The van der Waals surface area contributed by atoms with Crippen molar-refractivity contribution < 1.29 is 19.1 Å². The van der Waals surface area contributed by atoms with Gasteiger partial charge in [-0.1, -0.05) is 67.6 Å². The molecule has 1 aliphatic rings. The van der Waals surface area contributed by atoms with Crippen LogP contribution in [0, 0.1) is 5.92 Å². The molecule has 0 aromatic heterocycles. The minimum atomic E-state index is -0.568. The zero-order valence-electron chi connectivity index (χ0n) is 14.8. The van der Waals surface area contributed by atoms with Crippen LogP contribution in [0.3, 0.4) is 0 Å². The molecule has 5 heteroatoms. The quantitative estimate of drug-likeness (QED) is 0.756. The fourth-order valence-corrected chi connectivity index (χ4v) is 3.03. The van der Waals surface area contributed by atoms with Crippen molar-refractivity contribution in [1.82, 2.24) is 4.90 Å². The second-order valence-corrected chi connectivity index (χ2v) is 6.58. The molecule has 1 fully saturated rings. The van der Waals surface area contributed by atoms with Crippen molar-refractivity contribution >= 4 is 12.0 Å². The lowest BCUT2D eigenvalue weighted by Crippen LogP contribution is -2.35. The molecule has 2 amide bonds. The lowest BCUT2D eigenvalue weighted by Gasteiger charge is -2.21. The van der Waals surface area contributed by atoms with Crippen molar-refractivity contribution in [1.29, 1.82) is 0 Å². The third-order valence-corrected chi connectivity index (χ3v) is 4.36. The lowest BCUT2D eigenvalue weighted by atomic mass is 10.0. The predicted octanol–water partition coefficient (Wildman–Crippen LogP) is 3.95. The number of benzene rings is 2. The summed E-state index contributed by atoms with van der Waals surface area (Å²) in [7, 11) is 0. The second kappa shape index (κ2) is 8.63. The average Bonchev–Trinajstić information content (AvgIpc) is 3.05. The minimum Gasteiger partial charge on any atom is -0.446 e. The van der Waals surface area contributed by atoms with E-state index in [1.54, 1.807) is 0 Å². The Morgan fingerprint density at radius 2 is 1.81 bits per heavy atom. The van der Waals surface area contributed by atoms with E-state index in [4.69, 9.17) is 9.47 Å². The summed E-state index contributed by atoms with van der Waals surface area (Å²) in [5, 5.41) is 0. The van der Waals surface area contributed by atoms with Crippen LogP contribution < -0.4 is 0 Å². The molecule has 0 bridgehead atoms. The molecule has 26 heavy (non-hydrogen) atoms. The molecule has 2 aromatic rings. The zero-order chi connectivity index (χ0) is 18.4. The number of nitrogens with zero attached hydrogens (tertiary/aromatic N) is 1. The van der Waals surface area contributed by atoms with Gasteiger partial charge in [0.15, 0.2) is 0 Å². The highest BCUT2D eigenvalue weighted by Crippen LogP contribution is 2.28. The maximum absolute atomic E-state index is 12.7. The number of carbonyl (C=O) groups excluding carboxylic acids is 2. The Bertz CT molecular complexity index is 732. The van der Waals surface area contributed by atoms with Crippen LogP contribution in [0.25, 0.3) is 0 Å². The van der Waals surface area contributed by atoms with Gasteiger partial charge in [-0.2, -0.15) is 0 Å². The lowest BCUT2D eigenvalue weighted by molar-refractivity contribution is -0.130. The number of hydrogen-bond acceptors (Lipinski definition) is 4. The first kappa shape index (κ1) is 18.1. The van der Waals surface area contributed by atoms with Gasteiger partial charge in [-0.05, 0) is 17.0 Å². The molecule has 1 saturated heterocycles. The highest BCUT2D eigenvalue weighted by molar-refractivity contribution is 5.93. The molecule has 0 unspecified atom stereocenters. The summed E-state index contributed by atoms with van der Waals surface area (Å²) >= 11 is 0. The molecule has 2 atom stereocenters. The van der Waals surface area contributed by atoms with E-state index in [0.717, 1.165) is 11.1 Å². The van der Waals surface area contributed by atoms with Gasteiger partial charge in [0, 0.05) is 6.42 Å². The van der Waals surface area contributed by atoms with Crippen molar-refractivity contribution in [2.45, 2.75) is 26.0 Å². The number of imide groups is 1. The minimum absolute atomic E-state index is 0.0102. The van der Waals surface area contributed by atoms with Crippen LogP contribution in [-0.4, -0.2) is 30.1 Å². The number of hydrogen-bond donors (Lipinski definition) is 0. The Balaban J connectivity index is 1.53. The van der Waals surface area contributed by atoms with Crippen LogP contribution in [-0.2, 0) is 20.9 Å². The van der Waals surface area contributed by atoms with Crippen molar-refractivity contribution in [3.63, 3.8) is 0 Å². The van der Waals surface area contributed by atoms with Crippen molar-refractivity contribution in [2.24, 2.45) is 5.92 Å². The fourth-order valence-electron chi connectivity index (χ4n) is 3.03. The van der Waals surface area contributed by atoms with Crippen LogP contribution in [0.4, 0.5) is 4.79 Å². The van der Waals surface area contributed by atoms with E-state index < -0.39 is 6.09 Å². The van der Waals surface area contributed by atoms with E-state index in [0.29, 0.717) is 13.2 Å². The summed E-state index contributed by atoms with van der Waals surface area (Å²) < 4.78 is 10.8. The van der Waals surface area contributed by atoms with E-state index in [1.165, 1.54) is 4.90 Å². The van der Waals surface area contributed by atoms with Gasteiger partial charge in [-0.3, -0.25) is 4.79 Å². The Kier molecular flexibility index (Phi) is 6.02. The summed E-state index contributed by atoms with van der Waals surface area (Å²) in [6, 6.07) is 19.0. The first-order valence-electron chi connectivity index (χ1n) is 8.80. The standard InChI is InChI=1S/C21H23NO4/c1-16(13-25-14-17-8-4-2-5-9-17)12-20(23)22-19(15-26-21(22)24)18-10-6-3-7-11-18/h2-11,16,19H,12-15H2,1H3/t16-,19+/m1/s1. The normalized spacial score (nSPS) is 17.8. The average molecular weight is 353 g/mol. The molecule has 5 nitrogen and oxygen atoms in total. The van der Waals surface area contributed by atoms with Crippen LogP contribution in [0.2, 0.25) is 0 Å². The molecule has 0 spiro atoms. The molecule has 1 aliphatic heterocycles. The smallest absolute Gasteiger partial charge is 0.417 e. The van der Waals surface area contributed by atoms with E-state index in [-0.39, 0.29) is 30.9 Å². The summed E-state index contributed by atoms with van der Waals surface area (Å²) in [5.74, 6) is -0.215. The first-order chi connectivity index (χ1) is 12.6. The maximum Gasteiger partial charge on any atom is 0.417 e. The highest BCUT2D eigenvalue weighted by atomic mass is 16.6. The predicted molar refractivity (Wildman–Crippen MR) is 97.3 cm³/mol. The zero-order valence-corrected chi connectivity index (χ0v) is 14.8. The molecule has 136 valence electrons.